The fourth-order valence-electron chi connectivity index (χ4n) is 2.19. The fourth-order valence-corrected chi connectivity index (χ4v) is 2.19. The third-order valence-electron chi connectivity index (χ3n) is 3.14. The van der Waals surface area contributed by atoms with Gasteiger partial charge in [-0.05, 0) is 36.6 Å². The number of nitrogens with one attached hydrogen (secondary N) is 1. The lowest BCUT2D eigenvalue weighted by molar-refractivity contribution is 0.627. The zero-order valence-corrected chi connectivity index (χ0v) is 11.9. The molecule has 1 N–H and O–H groups in total. The molecular weight excluding hydrogens is 241 g/mol. The average Bonchev–Trinajstić information content (AvgIpc) is 2.69. The summed E-state index contributed by atoms with van der Waals surface area (Å²) in [4.78, 5) is 0. The van der Waals surface area contributed by atoms with Crippen molar-refractivity contribution >= 4 is 5.69 Å². The summed E-state index contributed by atoms with van der Waals surface area (Å²) in [5.41, 5.74) is 4.16. The van der Waals surface area contributed by atoms with Crippen molar-refractivity contribution in [1.29, 1.82) is 0 Å². The number of rotatable bonds is 4. The normalized spacial score (nSPS) is 11.1. The average molecular weight is 261 g/mol. The molecule has 19 heavy (non-hydrogen) atoms. The van der Waals surface area contributed by atoms with E-state index in [-0.39, 0.29) is 5.82 Å². The van der Waals surface area contributed by atoms with Gasteiger partial charge in [0.1, 0.15) is 5.82 Å². The number of hydrogen-bond donors (Lipinski definition) is 1. The minimum Gasteiger partial charge on any atom is -0.381 e. The lowest BCUT2D eigenvalue weighted by Gasteiger charge is -2.10. The molecule has 0 spiro atoms. The molecule has 102 valence electrons. The predicted molar refractivity (Wildman–Crippen MR) is 75.8 cm³/mol. The number of aryl methyl sites for hydroxylation is 2. The lowest BCUT2D eigenvalue weighted by Crippen LogP contribution is -2.04. The number of aromatic nitrogens is 2. The Hall–Kier alpha value is -1.84. The summed E-state index contributed by atoms with van der Waals surface area (Å²) in [7, 11) is 1.93. The molecule has 0 bridgehead atoms. The van der Waals surface area contributed by atoms with Crippen molar-refractivity contribution in [3.8, 4) is 0 Å². The van der Waals surface area contributed by atoms with Crippen LogP contribution in [0.25, 0.3) is 0 Å². The molecule has 4 heteroatoms. The van der Waals surface area contributed by atoms with E-state index in [1.54, 1.807) is 6.07 Å². The van der Waals surface area contributed by atoms with Gasteiger partial charge in [-0.25, -0.2) is 4.39 Å². The molecule has 0 aliphatic rings. The van der Waals surface area contributed by atoms with E-state index in [0.29, 0.717) is 12.5 Å². The molecule has 0 saturated carbocycles. The Labute approximate surface area is 113 Å². The van der Waals surface area contributed by atoms with Crippen molar-refractivity contribution in [3.63, 3.8) is 0 Å². The third kappa shape index (κ3) is 3.13. The first-order chi connectivity index (χ1) is 8.97. The van der Waals surface area contributed by atoms with Crippen LogP contribution in [0.3, 0.4) is 0 Å². The van der Waals surface area contributed by atoms with Crippen molar-refractivity contribution in [2.75, 3.05) is 5.32 Å². The summed E-state index contributed by atoms with van der Waals surface area (Å²) in [6, 6.07) is 4.78. The van der Waals surface area contributed by atoms with E-state index in [1.165, 1.54) is 17.7 Å². The smallest absolute Gasteiger partial charge is 0.123 e. The van der Waals surface area contributed by atoms with Crippen molar-refractivity contribution in [2.45, 2.75) is 33.2 Å². The largest absolute Gasteiger partial charge is 0.381 e. The first-order valence-electron chi connectivity index (χ1n) is 6.50. The Balaban J connectivity index is 2.14. The summed E-state index contributed by atoms with van der Waals surface area (Å²) < 4.78 is 14.9. The fraction of sp³-hybridized carbons (Fsp3) is 0.400. The molecule has 1 heterocycles. The predicted octanol–water partition coefficient (Wildman–Crippen LogP) is 3.60. The van der Waals surface area contributed by atoms with Crippen LogP contribution in [-0.4, -0.2) is 9.78 Å². The molecule has 0 unspecified atom stereocenters. The summed E-state index contributed by atoms with van der Waals surface area (Å²) in [6.45, 7) is 6.87. The summed E-state index contributed by atoms with van der Waals surface area (Å²) >= 11 is 0. The Morgan fingerprint density at radius 2 is 2.11 bits per heavy atom. The zero-order valence-electron chi connectivity index (χ0n) is 11.9. The minimum absolute atomic E-state index is 0.202. The van der Waals surface area contributed by atoms with Gasteiger partial charge in [-0.15, -0.1) is 0 Å². The number of anilines is 1. The Kier molecular flexibility index (Phi) is 3.88. The maximum atomic E-state index is 13.0. The highest BCUT2D eigenvalue weighted by molar-refractivity contribution is 5.51. The van der Waals surface area contributed by atoms with Gasteiger partial charge in [0.2, 0.25) is 0 Å². The highest BCUT2D eigenvalue weighted by atomic mass is 19.1. The SMILES string of the molecule is Cc1cc(F)ccc1NCc1cn(C)nc1C(C)C. The highest BCUT2D eigenvalue weighted by Gasteiger charge is 2.11. The molecule has 0 aliphatic heterocycles. The topological polar surface area (TPSA) is 29.9 Å². The number of hydrogen-bond acceptors (Lipinski definition) is 2. The van der Waals surface area contributed by atoms with Gasteiger partial charge in [0.05, 0.1) is 5.69 Å². The van der Waals surface area contributed by atoms with Gasteiger partial charge in [0.15, 0.2) is 0 Å². The molecule has 2 rings (SSSR count). The molecule has 1 aromatic heterocycles. The van der Waals surface area contributed by atoms with Crippen molar-refractivity contribution < 1.29 is 4.39 Å². The van der Waals surface area contributed by atoms with E-state index < -0.39 is 0 Å². The molecule has 0 saturated heterocycles. The first-order valence-corrected chi connectivity index (χ1v) is 6.50. The second-order valence-electron chi connectivity index (χ2n) is 5.18. The van der Waals surface area contributed by atoms with Crippen LogP contribution in [0.1, 0.15) is 36.6 Å². The zero-order chi connectivity index (χ0) is 14.0. The van der Waals surface area contributed by atoms with Crippen LogP contribution in [0, 0.1) is 12.7 Å². The van der Waals surface area contributed by atoms with Crippen LogP contribution in [0.4, 0.5) is 10.1 Å². The van der Waals surface area contributed by atoms with Gasteiger partial charge >= 0.3 is 0 Å². The number of halogens is 1. The molecule has 3 nitrogen and oxygen atoms in total. The monoisotopic (exact) mass is 261 g/mol. The molecule has 1 aromatic carbocycles. The molecule has 0 amide bonds. The molecular formula is C15H20FN3. The van der Waals surface area contributed by atoms with Crippen molar-refractivity contribution in [3.05, 3.63) is 47.0 Å². The quantitative estimate of drug-likeness (QED) is 0.911. The maximum Gasteiger partial charge on any atom is 0.123 e. The summed E-state index contributed by atoms with van der Waals surface area (Å²) in [5.74, 6) is 0.194. The van der Waals surface area contributed by atoms with Crippen LogP contribution in [0.15, 0.2) is 24.4 Å². The van der Waals surface area contributed by atoms with E-state index in [4.69, 9.17) is 0 Å². The number of benzene rings is 1. The first kappa shape index (κ1) is 13.6. The second kappa shape index (κ2) is 5.43. The van der Waals surface area contributed by atoms with Gasteiger partial charge < -0.3 is 5.32 Å². The van der Waals surface area contributed by atoms with E-state index >= 15 is 0 Å². The molecule has 0 aliphatic carbocycles. The minimum atomic E-state index is -0.202. The van der Waals surface area contributed by atoms with Gasteiger partial charge in [0.25, 0.3) is 0 Å². The number of nitrogens with zero attached hydrogens (tertiary/aromatic N) is 2. The molecule has 2 aromatic rings. The van der Waals surface area contributed by atoms with Crippen LogP contribution < -0.4 is 5.32 Å². The van der Waals surface area contributed by atoms with E-state index in [0.717, 1.165) is 16.9 Å². The molecule has 0 fully saturated rings. The van der Waals surface area contributed by atoms with Gasteiger partial charge in [-0.1, -0.05) is 13.8 Å². The lowest BCUT2D eigenvalue weighted by atomic mass is 10.1. The molecule has 0 radical (unpaired) electrons. The molecule has 0 atom stereocenters. The highest BCUT2D eigenvalue weighted by Crippen LogP contribution is 2.20. The Morgan fingerprint density at radius 1 is 1.37 bits per heavy atom. The van der Waals surface area contributed by atoms with Crippen LogP contribution in [0.5, 0.6) is 0 Å². The Morgan fingerprint density at radius 3 is 2.74 bits per heavy atom. The van der Waals surface area contributed by atoms with Gasteiger partial charge in [-0.3, -0.25) is 4.68 Å². The van der Waals surface area contributed by atoms with Crippen LogP contribution in [0.2, 0.25) is 0 Å². The van der Waals surface area contributed by atoms with Crippen molar-refractivity contribution in [1.82, 2.24) is 9.78 Å². The van der Waals surface area contributed by atoms with E-state index in [9.17, 15) is 4.39 Å². The summed E-state index contributed by atoms with van der Waals surface area (Å²) in [5, 5.41) is 7.82. The van der Waals surface area contributed by atoms with Crippen LogP contribution in [-0.2, 0) is 13.6 Å². The third-order valence-corrected chi connectivity index (χ3v) is 3.14. The van der Waals surface area contributed by atoms with Crippen LogP contribution >= 0.6 is 0 Å². The van der Waals surface area contributed by atoms with Crippen molar-refractivity contribution in [2.24, 2.45) is 7.05 Å². The maximum absolute atomic E-state index is 13.0. The van der Waals surface area contributed by atoms with Gasteiger partial charge in [0, 0.05) is 31.0 Å². The Bertz CT molecular complexity index is 573. The van der Waals surface area contributed by atoms with Gasteiger partial charge in [-0.2, -0.15) is 5.10 Å². The summed E-state index contributed by atoms with van der Waals surface area (Å²) in [6.07, 6.45) is 2.03. The van der Waals surface area contributed by atoms with E-state index in [2.05, 4.69) is 24.3 Å². The van der Waals surface area contributed by atoms with E-state index in [1.807, 2.05) is 24.9 Å². The standard InChI is InChI=1S/C15H20FN3/c1-10(2)15-12(9-19(4)18-15)8-17-14-6-5-13(16)7-11(14)3/h5-7,9-10,17H,8H2,1-4H3. The second-order valence-corrected chi connectivity index (χ2v) is 5.18.